The number of hydrogen-bond acceptors (Lipinski definition) is 0. The zero-order chi connectivity index (χ0) is 9.36. The Kier molecular flexibility index (Phi) is 5.31. The van der Waals surface area contributed by atoms with E-state index in [9.17, 15) is 0 Å². The second-order valence-electron chi connectivity index (χ2n) is 3.62. The SMILES string of the molecule is CCCCCCC=C1C=CC=CC1. The molecule has 0 radical (unpaired) electrons. The molecule has 0 saturated carbocycles. The molecule has 0 aromatic heterocycles. The van der Waals surface area contributed by atoms with Crippen molar-refractivity contribution in [3.05, 3.63) is 36.0 Å². The summed E-state index contributed by atoms with van der Waals surface area (Å²) < 4.78 is 0. The van der Waals surface area contributed by atoms with Gasteiger partial charge in [0.05, 0.1) is 0 Å². The topological polar surface area (TPSA) is 0 Å². The van der Waals surface area contributed by atoms with E-state index < -0.39 is 0 Å². The fourth-order valence-corrected chi connectivity index (χ4v) is 1.54. The van der Waals surface area contributed by atoms with E-state index in [0.29, 0.717) is 0 Å². The third kappa shape index (κ3) is 4.72. The molecule has 0 bridgehead atoms. The largest absolute Gasteiger partial charge is 0.0810 e. The van der Waals surface area contributed by atoms with E-state index in [1.54, 1.807) is 0 Å². The van der Waals surface area contributed by atoms with Gasteiger partial charge in [-0.3, -0.25) is 0 Å². The van der Waals surface area contributed by atoms with Crippen LogP contribution in [0.3, 0.4) is 0 Å². The predicted molar refractivity (Wildman–Crippen MR) is 59.7 cm³/mol. The quantitative estimate of drug-likeness (QED) is 0.545. The maximum atomic E-state index is 2.38. The molecule has 0 heterocycles. The van der Waals surface area contributed by atoms with E-state index in [1.807, 2.05) is 0 Å². The number of unbranched alkanes of at least 4 members (excludes halogenated alkanes) is 4. The van der Waals surface area contributed by atoms with Crippen molar-refractivity contribution in [1.82, 2.24) is 0 Å². The van der Waals surface area contributed by atoms with Gasteiger partial charge in [0.25, 0.3) is 0 Å². The van der Waals surface area contributed by atoms with Gasteiger partial charge < -0.3 is 0 Å². The first-order valence-corrected chi connectivity index (χ1v) is 5.45. The average molecular weight is 176 g/mol. The van der Waals surface area contributed by atoms with Gasteiger partial charge in [-0.2, -0.15) is 0 Å². The Morgan fingerprint density at radius 3 is 2.85 bits per heavy atom. The van der Waals surface area contributed by atoms with Crippen LogP contribution in [0.2, 0.25) is 0 Å². The van der Waals surface area contributed by atoms with E-state index >= 15 is 0 Å². The van der Waals surface area contributed by atoms with E-state index in [0.717, 1.165) is 6.42 Å². The van der Waals surface area contributed by atoms with Crippen LogP contribution in [0.1, 0.15) is 45.4 Å². The molecule has 1 aliphatic rings. The minimum Gasteiger partial charge on any atom is -0.0810 e. The van der Waals surface area contributed by atoms with Crippen LogP contribution in [0.15, 0.2) is 36.0 Å². The van der Waals surface area contributed by atoms with Crippen molar-refractivity contribution in [2.24, 2.45) is 0 Å². The zero-order valence-corrected chi connectivity index (χ0v) is 8.63. The van der Waals surface area contributed by atoms with Crippen LogP contribution in [0.4, 0.5) is 0 Å². The van der Waals surface area contributed by atoms with Crippen LogP contribution in [0.5, 0.6) is 0 Å². The van der Waals surface area contributed by atoms with Crippen molar-refractivity contribution >= 4 is 0 Å². The highest BCUT2D eigenvalue weighted by Crippen LogP contribution is 2.12. The molecule has 0 nitrogen and oxygen atoms in total. The minimum absolute atomic E-state index is 1.13. The Bertz CT molecular complexity index is 206. The monoisotopic (exact) mass is 176 g/mol. The summed E-state index contributed by atoms with van der Waals surface area (Å²) in [6.45, 7) is 2.26. The lowest BCUT2D eigenvalue weighted by Crippen LogP contribution is -1.81. The second-order valence-corrected chi connectivity index (χ2v) is 3.62. The minimum atomic E-state index is 1.13. The molecule has 72 valence electrons. The van der Waals surface area contributed by atoms with Crippen LogP contribution >= 0.6 is 0 Å². The molecule has 0 fully saturated rings. The lowest BCUT2D eigenvalue weighted by Gasteiger charge is -2.01. The molecule has 1 rings (SSSR count). The van der Waals surface area contributed by atoms with Crippen molar-refractivity contribution in [2.45, 2.75) is 45.4 Å². The van der Waals surface area contributed by atoms with Crippen molar-refractivity contribution in [3.8, 4) is 0 Å². The van der Waals surface area contributed by atoms with Gasteiger partial charge in [0.2, 0.25) is 0 Å². The molecule has 1 aliphatic carbocycles. The zero-order valence-electron chi connectivity index (χ0n) is 8.63. The summed E-state index contributed by atoms with van der Waals surface area (Å²) in [6, 6.07) is 0. The molecule has 0 aromatic rings. The highest BCUT2D eigenvalue weighted by molar-refractivity contribution is 5.29. The second kappa shape index (κ2) is 6.71. The Morgan fingerprint density at radius 2 is 2.15 bits per heavy atom. The number of hydrogen-bond donors (Lipinski definition) is 0. The maximum Gasteiger partial charge on any atom is -0.00975 e. The van der Waals surface area contributed by atoms with Crippen molar-refractivity contribution in [2.75, 3.05) is 0 Å². The normalized spacial score (nSPS) is 18.4. The molecule has 0 amide bonds. The molecule has 0 aromatic carbocycles. The highest BCUT2D eigenvalue weighted by Gasteiger charge is 1.92. The molecule has 0 atom stereocenters. The smallest absolute Gasteiger partial charge is 0.00975 e. The Hall–Kier alpha value is -0.780. The highest BCUT2D eigenvalue weighted by atomic mass is 14.0. The van der Waals surface area contributed by atoms with E-state index in [2.05, 4.69) is 37.3 Å². The molecular formula is C13H20. The fourth-order valence-electron chi connectivity index (χ4n) is 1.54. The Morgan fingerprint density at radius 1 is 1.23 bits per heavy atom. The molecular weight excluding hydrogens is 156 g/mol. The van der Waals surface area contributed by atoms with Crippen LogP contribution < -0.4 is 0 Å². The van der Waals surface area contributed by atoms with Gasteiger partial charge in [0.1, 0.15) is 0 Å². The summed E-state index contributed by atoms with van der Waals surface area (Å²) in [7, 11) is 0. The first kappa shape index (κ1) is 10.3. The van der Waals surface area contributed by atoms with Crippen molar-refractivity contribution in [3.63, 3.8) is 0 Å². The fraction of sp³-hybridized carbons (Fsp3) is 0.538. The molecule has 0 N–H and O–H groups in total. The van der Waals surface area contributed by atoms with Gasteiger partial charge in [-0.15, -0.1) is 0 Å². The molecule has 0 aliphatic heterocycles. The summed E-state index contributed by atoms with van der Waals surface area (Å²) in [4.78, 5) is 0. The predicted octanol–water partition coefficient (Wildman–Crippen LogP) is 4.40. The number of rotatable bonds is 5. The van der Waals surface area contributed by atoms with E-state index in [4.69, 9.17) is 0 Å². The average Bonchev–Trinajstić information content (AvgIpc) is 2.19. The summed E-state index contributed by atoms with van der Waals surface area (Å²) in [5, 5.41) is 0. The molecule has 0 heteroatoms. The molecule has 0 saturated heterocycles. The van der Waals surface area contributed by atoms with E-state index in [1.165, 1.54) is 37.7 Å². The van der Waals surface area contributed by atoms with Crippen LogP contribution in [-0.2, 0) is 0 Å². The first-order chi connectivity index (χ1) is 6.43. The van der Waals surface area contributed by atoms with Crippen molar-refractivity contribution in [1.29, 1.82) is 0 Å². The van der Waals surface area contributed by atoms with Gasteiger partial charge in [-0.05, 0) is 24.8 Å². The van der Waals surface area contributed by atoms with Crippen LogP contribution in [-0.4, -0.2) is 0 Å². The van der Waals surface area contributed by atoms with Crippen LogP contribution in [0.25, 0.3) is 0 Å². The summed E-state index contributed by atoms with van der Waals surface area (Å²) in [5.41, 5.74) is 1.49. The van der Waals surface area contributed by atoms with Crippen molar-refractivity contribution < 1.29 is 0 Å². The molecule has 13 heavy (non-hydrogen) atoms. The van der Waals surface area contributed by atoms with Gasteiger partial charge in [-0.1, -0.05) is 56.6 Å². The third-order valence-electron chi connectivity index (χ3n) is 2.38. The molecule has 0 spiro atoms. The van der Waals surface area contributed by atoms with Gasteiger partial charge in [0.15, 0.2) is 0 Å². The van der Waals surface area contributed by atoms with Gasteiger partial charge in [-0.25, -0.2) is 0 Å². The van der Waals surface area contributed by atoms with Crippen LogP contribution in [0, 0.1) is 0 Å². The lowest BCUT2D eigenvalue weighted by molar-refractivity contribution is 0.673. The number of allylic oxidation sites excluding steroid dienone is 6. The summed E-state index contributed by atoms with van der Waals surface area (Å²) in [5.74, 6) is 0. The summed E-state index contributed by atoms with van der Waals surface area (Å²) in [6.07, 6.45) is 18.9. The third-order valence-corrected chi connectivity index (χ3v) is 2.38. The standard InChI is InChI=1S/C13H20/c1-2-3-4-5-7-10-13-11-8-6-9-12-13/h6,8-11H,2-5,7,12H2,1H3. The lowest BCUT2D eigenvalue weighted by atomic mass is 10.0. The van der Waals surface area contributed by atoms with Gasteiger partial charge in [0, 0.05) is 0 Å². The Labute approximate surface area is 82.0 Å². The Balaban J connectivity index is 2.10. The summed E-state index contributed by atoms with van der Waals surface area (Å²) >= 11 is 0. The van der Waals surface area contributed by atoms with E-state index in [-0.39, 0.29) is 0 Å². The first-order valence-electron chi connectivity index (χ1n) is 5.45. The molecule has 0 unspecified atom stereocenters. The maximum absolute atomic E-state index is 2.38. The van der Waals surface area contributed by atoms with Gasteiger partial charge >= 0.3 is 0 Å².